The summed E-state index contributed by atoms with van der Waals surface area (Å²) >= 11 is 0. The molecule has 3 N–H and O–H groups in total. The maximum absolute atomic E-state index is 13.0. The van der Waals surface area contributed by atoms with E-state index in [0.717, 1.165) is 37.3 Å². The molecule has 0 saturated carbocycles. The Hall–Kier alpha value is -1.81. The molecule has 142 valence electrons. The minimum Gasteiger partial charge on any atom is -0.388 e. The van der Waals surface area contributed by atoms with E-state index < -0.39 is 21.4 Å². The predicted octanol–water partition coefficient (Wildman–Crippen LogP) is 1.24. The van der Waals surface area contributed by atoms with Crippen LogP contribution in [0.15, 0.2) is 41.7 Å². The molecule has 0 aliphatic carbocycles. The molecule has 1 aliphatic heterocycles. The number of likely N-dealkylation sites (tertiary alicyclic amines) is 1. The van der Waals surface area contributed by atoms with Crippen molar-refractivity contribution in [3.63, 3.8) is 0 Å². The maximum atomic E-state index is 13.0. The van der Waals surface area contributed by atoms with Gasteiger partial charge in [-0.1, -0.05) is 0 Å². The van der Waals surface area contributed by atoms with Crippen LogP contribution in [0.3, 0.4) is 0 Å². The first-order valence-corrected chi connectivity index (χ1v) is 10.0. The standard InChI is InChI=1S/C17H23FN4O3S/c18-14-2-4-16(5-3-14)26(24,25)21-12-17(23)6-1-8-22(9-7-17)11-15-10-19-13-20-15/h2-5,10,13,21,23H,1,6-9,11-12H2,(H,19,20). The largest absolute Gasteiger partial charge is 0.388 e. The second-order valence-corrected chi connectivity index (χ2v) is 8.48. The van der Waals surface area contributed by atoms with Crippen LogP contribution in [0, 0.1) is 5.82 Å². The topological polar surface area (TPSA) is 98.3 Å². The van der Waals surface area contributed by atoms with E-state index in [1.807, 2.05) is 0 Å². The number of sulfonamides is 1. The highest BCUT2D eigenvalue weighted by atomic mass is 32.2. The van der Waals surface area contributed by atoms with Gasteiger partial charge in [-0.25, -0.2) is 22.5 Å². The highest BCUT2D eigenvalue weighted by molar-refractivity contribution is 7.89. The van der Waals surface area contributed by atoms with E-state index in [4.69, 9.17) is 0 Å². The molecule has 1 aromatic heterocycles. The van der Waals surface area contributed by atoms with E-state index in [-0.39, 0.29) is 11.4 Å². The van der Waals surface area contributed by atoms with Crippen molar-refractivity contribution in [2.45, 2.75) is 36.3 Å². The molecule has 1 aromatic carbocycles. The lowest BCUT2D eigenvalue weighted by molar-refractivity contribution is 0.0304. The Labute approximate surface area is 152 Å². The molecule has 2 aromatic rings. The van der Waals surface area contributed by atoms with Crippen LogP contribution in [-0.4, -0.2) is 53.6 Å². The van der Waals surface area contributed by atoms with Crippen LogP contribution in [0.1, 0.15) is 25.0 Å². The van der Waals surface area contributed by atoms with Gasteiger partial charge in [0.1, 0.15) is 5.82 Å². The lowest BCUT2D eigenvalue weighted by Crippen LogP contribution is -2.43. The Bertz CT molecular complexity index is 811. The van der Waals surface area contributed by atoms with Gasteiger partial charge in [0.05, 0.1) is 16.8 Å². The normalized spacial score (nSPS) is 22.2. The molecule has 1 aliphatic rings. The lowest BCUT2D eigenvalue weighted by atomic mass is 9.95. The van der Waals surface area contributed by atoms with Crippen molar-refractivity contribution in [2.24, 2.45) is 0 Å². The number of nitrogens with one attached hydrogen (secondary N) is 2. The van der Waals surface area contributed by atoms with Crippen LogP contribution in [0.4, 0.5) is 4.39 Å². The zero-order chi connectivity index (χ0) is 18.6. The second-order valence-electron chi connectivity index (χ2n) is 6.71. The summed E-state index contributed by atoms with van der Waals surface area (Å²) in [7, 11) is -3.78. The average Bonchev–Trinajstić information content (AvgIpc) is 3.04. The van der Waals surface area contributed by atoms with Crippen molar-refractivity contribution in [1.29, 1.82) is 0 Å². The quantitative estimate of drug-likeness (QED) is 0.698. The van der Waals surface area contributed by atoms with Crippen LogP contribution in [-0.2, 0) is 16.6 Å². The minimum absolute atomic E-state index is 0.0167. The molecule has 1 fully saturated rings. The lowest BCUT2D eigenvalue weighted by Gasteiger charge is -2.27. The van der Waals surface area contributed by atoms with Crippen LogP contribution < -0.4 is 4.72 Å². The zero-order valence-corrected chi connectivity index (χ0v) is 15.2. The SMILES string of the molecule is O=S(=O)(NCC1(O)CCCN(Cc2cnc[nH]2)CC1)c1ccc(F)cc1. The van der Waals surface area contributed by atoms with Crippen molar-refractivity contribution >= 4 is 10.0 Å². The number of H-pyrrole nitrogens is 1. The van der Waals surface area contributed by atoms with Gasteiger partial charge >= 0.3 is 0 Å². The monoisotopic (exact) mass is 382 g/mol. The molecule has 0 amide bonds. The van der Waals surface area contributed by atoms with Gasteiger partial charge in [0.15, 0.2) is 0 Å². The molecule has 2 heterocycles. The molecule has 1 atom stereocenters. The van der Waals surface area contributed by atoms with Gasteiger partial charge in [-0.2, -0.15) is 0 Å². The average molecular weight is 382 g/mol. The number of hydrogen-bond donors (Lipinski definition) is 3. The number of imidazole rings is 1. The number of aromatic amines is 1. The molecule has 26 heavy (non-hydrogen) atoms. The van der Waals surface area contributed by atoms with Crippen LogP contribution in [0.5, 0.6) is 0 Å². The fourth-order valence-electron chi connectivity index (χ4n) is 3.11. The van der Waals surface area contributed by atoms with Crippen molar-refractivity contribution < 1.29 is 17.9 Å². The molecule has 1 saturated heterocycles. The van der Waals surface area contributed by atoms with Crippen LogP contribution in [0.2, 0.25) is 0 Å². The predicted molar refractivity (Wildman–Crippen MR) is 94.3 cm³/mol. The van der Waals surface area contributed by atoms with Gasteiger partial charge in [-0.05, 0) is 50.1 Å². The summed E-state index contributed by atoms with van der Waals surface area (Å²) in [5.41, 5.74) is -0.0945. The zero-order valence-electron chi connectivity index (χ0n) is 14.4. The third-order valence-corrected chi connectivity index (χ3v) is 6.09. The Morgan fingerprint density at radius 3 is 2.73 bits per heavy atom. The van der Waals surface area contributed by atoms with Crippen molar-refractivity contribution in [2.75, 3.05) is 19.6 Å². The summed E-state index contributed by atoms with van der Waals surface area (Å²) in [5, 5.41) is 10.8. The third-order valence-electron chi connectivity index (χ3n) is 4.67. The van der Waals surface area contributed by atoms with E-state index in [2.05, 4.69) is 19.6 Å². The summed E-state index contributed by atoms with van der Waals surface area (Å²) in [5.74, 6) is -0.497. The molecule has 0 spiro atoms. The number of aromatic nitrogens is 2. The Morgan fingerprint density at radius 1 is 1.27 bits per heavy atom. The number of benzene rings is 1. The van der Waals surface area contributed by atoms with Crippen LogP contribution >= 0.6 is 0 Å². The maximum Gasteiger partial charge on any atom is 0.240 e. The highest BCUT2D eigenvalue weighted by Crippen LogP contribution is 2.23. The molecule has 0 radical (unpaired) electrons. The van der Waals surface area contributed by atoms with Gasteiger partial charge in [0.25, 0.3) is 0 Å². The van der Waals surface area contributed by atoms with E-state index in [9.17, 15) is 17.9 Å². The molecule has 9 heteroatoms. The van der Waals surface area contributed by atoms with Gasteiger partial charge in [0.2, 0.25) is 10.0 Å². The second kappa shape index (κ2) is 7.83. The summed E-state index contributed by atoms with van der Waals surface area (Å²) in [6.45, 7) is 2.14. The Balaban J connectivity index is 1.57. The van der Waals surface area contributed by atoms with Gasteiger partial charge < -0.3 is 10.1 Å². The molecular weight excluding hydrogens is 359 g/mol. The number of halogens is 1. The Morgan fingerprint density at radius 2 is 2.04 bits per heavy atom. The van der Waals surface area contributed by atoms with E-state index >= 15 is 0 Å². The fraction of sp³-hybridized carbons (Fsp3) is 0.471. The highest BCUT2D eigenvalue weighted by Gasteiger charge is 2.32. The van der Waals surface area contributed by atoms with Gasteiger partial charge in [0, 0.05) is 31.5 Å². The number of aliphatic hydroxyl groups is 1. The summed E-state index contributed by atoms with van der Waals surface area (Å²) in [4.78, 5) is 9.25. The van der Waals surface area contributed by atoms with E-state index in [1.54, 1.807) is 12.5 Å². The van der Waals surface area contributed by atoms with Crippen LogP contribution in [0.25, 0.3) is 0 Å². The molecule has 3 rings (SSSR count). The molecule has 0 bridgehead atoms. The molecule has 1 unspecified atom stereocenters. The van der Waals surface area contributed by atoms with Gasteiger partial charge in [-0.15, -0.1) is 0 Å². The smallest absolute Gasteiger partial charge is 0.240 e. The minimum atomic E-state index is -3.78. The van der Waals surface area contributed by atoms with E-state index in [0.29, 0.717) is 19.4 Å². The summed E-state index contributed by atoms with van der Waals surface area (Å²) in [6, 6.07) is 4.62. The van der Waals surface area contributed by atoms with Crippen molar-refractivity contribution in [3.05, 3.63) is 48.3 Å². The fourth-order valence-corrected chi connectivity index (χ4v) is 4.23. The van der Waals surface area contributed by atoms with Crippen molar-refractivity contribution in [1.82, 2.24) is 19.6 Å². The first-order valence-electron chi connectivity index (χ1n) is 8.54. The third kappa shape index (κ3) is 4.88. The Kier molecular flexibility index (Phi) is 5.71. The number of nitrogens with zero attached hydrogens (tertiary/aromatic N) is 2. The van der Waals surface area contributed by atoms with Gasteiger partial charge in [-0.3, -0.25) is 4.90 Å². The molecule has 7 nitrogen and oxygen atoms in total. The first-order chi connectivity index (χ1) is 12.4. The summed E-state index contributed by atoms with van der Waals surface area (Å²) < 4.78 is 40.1. The summed E-state index contributed by atoms with van der Waals surface area (Å²) in [6.07, 6.45) is 5.15. The first kappa shape index (κ1) is 19.0. The number of hydrogen-bond acceptors (Lipinski definition) is 5. The number of rotatable bonds is 6. The van der Waals surface area contributed by atoms with E-state index in [1.165, 1.54) is 12.1 Å². The molecular formula is C17H23FN4O3S. The van der Waals surface area contributed by atoms with Crippen molar-refractivity contribution in [3.8, 4) is 0 Å².